The van der Waals surface area contributed by atoms with E-state index >= 15 is 0 Å². The number of aromatic nitrogens is 2. The van der Waals surface area contributed by atoms with E-state index in [-0.39, 0.29) is 18.7 Å². The molecular formula is C18H22N2O5. The minimum Gasteiger partial charge on any atom is -0.462 e. The van der Waals surface area contributed by atoms with Gasteiger partial charge in [0.25, 0.3) is 5.56 Å². The molecule has 0 aliphatic heterocycles. The lowest BCUT2D eigenvalue weighted by Gasteiger charge is -2.20. The van der Waals surface area contributed by atoms with Gasteiger partial charge in [0.05, 0.1) is 6.61 Å². The molecular weight excluding hydrogens is 324 g/mol. The van der Waals surface area contributed by atoms with Crippen LogP contribution < -0.4 is 5.56 Å². The Morgan fingerprint density at radius 3 is 2.52 bits per heavy atom. The Kier molecular flexibility index (Phi) is 5.25. The second-order valence-electron chi connectivity index (χ2n) is 6.62. The number of esters is 2. The first-order valence-corrected chi connectivity index (χ1v) is 8.02. The molecule has 0 unspecified atom stereocenters. The zero-order chi connectivity index (χ0) is 18.8. The minimum absolute atomic E-state index is 0.136. The number of hydrogen-bond acceptors (Lipinski definition) is 6. The summed E-state index contributed by atoms with van der Waals surface area (Å²) < 4.78 is 11.4. The first-order chi connectivity index (χ1) is 11.6. The number of pyridine rings is 2. The Balaban J connectivity index is 2.60. The first-order valence-electron chi connectivity index (χ1n) is 8.02. The van der Waals surface area contributed by atoms with Crippen molar-refractivity contribution in [3.05, 3.63) is 39.8 Å². The molecule has 0 saturated heterocycles. The Hall–Kier alpha value is -2.70. The van der Waals surface area contributed by atoms with Crippen LogP contribution in [0.25, 0.3) is 11.0 Å². The summed E-state index contributed by atoms with van der Waals surface area (Å²) in [5, 5.41) is 0.566. The summed E-state index contributed by atoms with van der Waals surface area (Å²) in [5.41, 5.74) is -0.436. The molecule has 7 heteroatoms. The average Bonchev–Trinajstić information content (AvgIpc) is 2.48. The quantitative estimate of drug-likeness (QED) is 0.789. The van der Waals surface area contributed by atoms with Gasteiger partial charge in [0, 0.05) is 11.1 Å². The Morgan fingerprint density at radius 1 is 1.24 bits per heavy atom. The molecule has 2 rings (SSSR count). The van der Waals surface area contributed by atoms with Crippen molar-refractivity contribution < 1.29 is 19.1 Å². The summed E-state index contributed by atoms with van der Waals surface area (Å²) in [6.45, 7) is 8.46. The van der Waals surface area contributed by atoms with Crippen LogP contribution in [-0.4, -0.2) is 33.7 Å². The van der Waals surface area contributed by atoms with Gasteiger partial charge in [-0.1, -0.05) is 0 Å². The van der Waals surface area contributed by atoms with Gasteiger partial charge in [-0.15, -0.1) is 0 Å². The van der Waals surface area contributed by atoms with Crippen molar-refractivity contribution in [2.75, 3.05) is 6.61 Å². The van der Waals surface area contributed by atoms with Crippen molar-refractivity contribution in [2.24, 2.45) is 0 Å². The predicted molar refractivity (Wildman–Crippen MR) is 92.5 cm³/mol. The Morgan fingerprint density at radius 2 is 1.92 bits per heavy atom. The molecule has 0 amide bonds. The van der Waals surface area contributed by atoms with E-state index in [2.05, 4.69) is 4.98 Å². The monoisotopic (exact) mass is 346 g/mol. The Labute approximate surface area is 145 Å². The van der Waals surface area contributed by atoms with Crippen LogP contribution in [0.1, 0.15) is 43.7 Å². The summed E-state index contributed by atoms with van der Waals surface area (Å²) in [7, 11) is 0. The third kappa shape index (κ3) is 4.43. The summed E-state index contributed by atoms with van der Waals surface area (Å²) in [6, 6.07) is 4.94. The van der Waals surface area contributed by atoms with Gasteiger partial charge >= 0.3 is 11.9 Å². The number of rotatable bonds is 4. The third-order valence-corrected chi connectivity index (χ3v) is 3.28. The van der Waals surface area contributed by atoms with E-state index in [1.165, 1.54) is 6.07 Å². The number of carbonyl (C=O) groups is 2. The van der Waals surface area contributed by atoms with Crippen molar-refractivity contribution in [3.63, 3.8) is 0 Å². The van der Waals surface area contributed by atoms with Crippen LogP contribution in [0.4, 0.5) is 0 Å². The molecule has 0 aliphatic rings. The number of carbonyl (C=O) groups excluding carboxylic acids is 2. The van der Waals surface area contributed by atoms with Gasteiger partial charge in [0.2, 0.25) is 0 Å². The highest BCUT2D eigenvalue weighted by atomic mass is 16.6. The van der Waals surface area contributed by atoms with Gasteiger partial charge in [0.1, 0.15) is 23.4 Å². The zero-order valence-corrected chi connectivity index (χ0v) is 15.1. The summed E-state index contributed by atoms with van der Waals surface area (Å²) in [5.74, 6) is -1.31. The average molecular weight is 346 g/mol. The van der Waals surface area contributed by atoms with Crippen molar-refractivity contribution in [3.8, 4) is 0 Å². The number of aryl methyl sites for hydroxylation is 1. The molecule has 0 fully saturated rings. The second kappa shape index (κ2) is 7.04. The number of hydrogen-bond donors (Lipinski definition) is 0. The topological polar surface area (TPSA) is 87.5 Å². The molecule has 0 atom stereocenters. The maximum atomic E-state index is 12.7. The van der Waals surface area contributed by atoms with E-state index in [4.69, 9.17) is 9.47 Å². The zero-order valence-electron chi connectivity index (χ0n) is 15.1. The van der Waals surface area contributed by atoms with Crippen molar-refractivity contribution in [1.82, 2.24) is 9.55 Å². The fourth-order valence-electron chi connectivity index (χ4n) is 2.35. The van der Waals surface area contributed by atoms with Gasteiger partial charge in [-0.3, -0.25) is 14.2 Å². The summed E-state index contributed by atoms with van der Waals surface area (Å²) in [4.78, 5) is 41.3. The molecule has 2 heterocycles. The lowest BCUT2D eigenvalue weighted by atomic mass is 10.2. The Bertz CT molecular complexity index is 877. The molecule has 25 heavy (non-hydrogen) atoms. The highest BCUT2D eigenvalue weighted by Crippen LogP contribution is 2.14. The molecule has 0 radical (unpaired) electrons. The van der Waals surface area contributed by atoms with E-state index in [9.17, 15) is 14.4 Å². The highest BCUT2D eigenvalue weighted by molar-refractivity contribution is 5.93. The maximum Gasteiger partial charge on any atom is 0.343 e. The lowest BCUT2D eigenvalue weighted by molar-refractivity contribution is -0.155. The third-order valence-electron chi connectivity index (χ3n) is 3.28. The SMILES string of the molecule is CCOC(=O)c1cc2ccc(C)nc2n(CC(=O)OC(C)(C)C)c1=O. The normalized spacial score (nSPS) is 11.4. The summed E-state index contributed by atoms with van der Waals surface area (Å²) in [6.07, 6.45) is 0. The van der Waals surface area contributed by atoms with Crippen molar-refractivity contribution in [1.29, 1.82) is 0 Å². The van der Waals surface area contributed by atoms with E-state index in [1.54, 1.807) is 46.8 Å². The second-order valence-corrected chi connectivity index (χ2v) is 6.62. The van der Waals surface area contributed by atoms with Crippen LogP contribution in [0.5, 0.6) is 0 Å². The lowest BCUT2D eigenvalue weighted by Crippen LogP contribution is -2.33. The van der Waals surface area contributed by atoms with Gasteiger partial charge < -0.3 is 9.47 Å². The molecule has 0 N–H and O–H groups in total. The van der Waals surface area contributed by atoms with Gasteiger partial charge in [-0.2, -0.15) is 0 Å². The summed E-state index contributed by atoms with van der Waals surface area (Å²) >= 11 is 0. The fourth-order valence-corrected chi connectivity index (χ4v) is 2.35. The molecule has 0 bridgehead atoms. The van der Waals surface area contributed by atoms with E-state index < -0.39 is 23.1 Å². The largest absolute Gasteiger partial charge is 0.462 e. The predicted octanol–water partition coefficient (Wildman–Crippen LogP) is 2.22. The van der Waals surface area contributed by atoms with Crippen LogP contribution in [0.2, 0.25) is 0 Å². The van der Waals surface area contributed by atoms with Crippen LogP contribution in [0.3, 0.4) is 0 Å². The molecule has 7 nitrogen and oxygen atoms in total. The molecule has 2 aromatic rings. The fraction of sp³-hybridized carbons (Fsp3) is 0.444. The van der Waals surface area contributed by atoms with Gasteiger partial charge in [-0.25, -0.2) is 9.78 Å². The highest BCUT2D eigenvalue weighted by Gasteiger charge is 2.22. The van der Waals surface area contributed by atoms with Gasteiger partial charge in [-0.05, 0) is 52.8 Å². The van der Waals surface area contributed by atoms with Crippen LogP contribution in [0.15, 0.2) is 23.0 Å². The van der Waals surface area contributed by atoms with Gasteiger partial charge in [0.15, 0.2) is 0 Å². The smallest absolute Gasteiger partial charge is 0.343 e. The van der Waals surface area contributed by atoms with Crippen LogP contribution in [-0.2, 0) is 20.8 Å². The van der Waals surface area contributed by atoms with Crippen molar-refractivity contribution >= 4 is 23.0 Å². The molecule has 0 saturated carbocycles. The van der Waals surface area contributed by atoms with E-state index in [1.807, 2.05) is 0 Å². The molecule has 0 aliphatic carbocycles. The number of nitrogens with zero attached hydrogens (tertiary/aromatic N) is 2. The van der Waals surface area contributed by atoms with Crippen LogP contribution in [0, 0.1) is 6.92 Å². The minimum atomic E-state index is -0.729. The number of fused-ring (bicyclic) bond motifs is 1. The maximum absolute atomic E-state index is 12.7. The first kappa shape index (κ1) is 18.6. The molecule has 2 aromatic heterocycles. The van der Waals surface area contributed by atoms with E-state index in [0.29, 0.717) is 16.7 Å². The number of ether oxygens (including phenoxy) is 2. The van der Waals surface area contributed by atoms with Crippen LogP contribution >= 0.6 is 0 Å². The molecule has 0 aromatic carbocycles. The molecule has 0 spiro atoms. The standard InChI is InChI=1S/C18H22N2O5/c1-6-24-17(23)13-9-12-8-7-11(2)19-15(12)20(16(13)22)10-14(21)25-18(3,4)5/h7-9H,6,10H2,1-5H3. The molecule has 134 valence electrons. The van der Waals surface area contributed by atoms with E-state index in [0.717, 1.165) is 4.57 Å². The van der Waals surface area contributed by atoms with Crippen molar-refractivity contribution in [2.45, 2.75) is 46.8 Å².